The summed E-state index contributed by atoms with van der Waals surface area (Å²) in [5, 5.41) is 3.58. The van der Waals surface area contributed by atoms with Crippen molar-refractivity contribution in [2.75, 3.05) is 6.54 Å². The Morgan fingerprint density at radius 2 is 2.12 bits per heavy atom. The molecule has 0 aromatic rings. The maximum Gasteiger partial charge on any atom is 0.227 e. The minimum atomic E-state index is 0.297. The number of rotatable bonds is 5. The number of nitrogens with zero attached hydrogens (tertiary/aromatic N) is 1. The predicted molar refractivity (Wildman–Crippen MR) is 67.7 cm³/mol. The van der Waals surface area contributed by atoms with Crippen LogP contribution in [-0.2, 0) is 4.79 Å². The van der Waals surface area contributed by atoms with Gasteiger partial charge >= 0.3 is 0 Å². The summed E-state index contributed by atoms with van der Waals surface area (Å²) in [6.45, 7) is 3.20. The Hall–Kier alpha value is -0.570. The number of carbonyl (C=O) groups is 1. The van der Waals surface area contributed by atoms with Crippen LogP contribution < -0.4 is 5.32 Å². The lowest BCUT2D eigenvalue weighted by Crippen LogP contribution is -2.42. The molecule has 3 rings (SSSR count). The molecule has 2 heterocycles. The number of carbonyl (C=O) groups excluding carboxylic acids is 1. The van der Waals surface area contributed by atoms with Gasteiger partial charge in [-0.1, -0.05) is 13.3 Å². The molecule has 3 atom stereocenters. The monoisotopic (exact) mass is 236 g/mol. The van der Waals surface area contributed by atoms with Crippen molar-refractivity contribution in [2.24, 2.45) is 5.92 Å². The van der Waals surface area contributed by atoms with Gasteiger partial charge < -0.3 is 10.2 Å². The van der Waals surface area contributed by atoms with Gasteiger partial charge in [-0.25, -0.2) is 0 Å². The van der Waals surface area contributed by atoms with Crippen molar-refractivity contribution < 1.29 is 4.79 Å². The first-order valence-corrected chi connectivity index (χ1v) is 7.36. The standard InChI is InChI=1S/C14H24N2O/c1-2-3-8-16(11-5-6-11)14(17)12-9-10-4-7-13(12)15-10/h10-13,15H,2-9H2,1H3. The summed E-state index contributed by atoms with van der Waals surface area (Å²) in [5.41, 5.74) is 0. The Morgan fingerprint density at radius 3 is 2.65 bits per heavy atom. The summed E-state index contributed by atoms with van der Waals surface area (Å²) >= 11 is 0. The molecule has 17 heavy (non-hydrogen) atoms. The van der Waals surface area contributed by atoms with Crippen LogP contribution in [0.4, 0.5) is 0 Å². The predicted octanol–water partition coefficient (Wildman–Crippen LogP) is 1.92. The Kier molecular flexibility index (Phi) is 3.12. The van der Waals surface area contributed by atoms with Crippen LogP contribution in [0.5, 0.6) is 0 Å². The highest BCUT2D eigenvalue weighted by atomic mass is 16.2. The normalized spacial score (nSPS) is 35.2. The van der Waals surface area contributed by atoms with Gasteiger partial charge in [0.1, 0.15) is 0 Å². The number of amides is 1. The van der Waals surface area contributed by atoms with Crippen LogP contribution in [0.2, 0.25) is 0 Å². The fraction of sp³-hybridized carbons (Fsp3) is 0.929. The lowest BCUT2D eigenvalue weighted by atomic mass is 9.88. The van der Waals surface area contributed by atoms with Gasteiger partial charge in [-0.3, -0.25) is 4.79 Å². The van der Waals surface area contributed by atoms with Gasteiger partial charge in [-0.05, 0) is 38.5 Å². The summed E-state index contributed by atoms with van der Waals surface area (Å²) in [6, 6.07) is 1.73. The van der Waals surface area contributed by atoms with Crippen molar-refractivity contribution in [2.45, 2.75) is 70.0 Å². The number of unbranched alkanes of at least 4 members (excludes halogenated alkanes) is 1. The molecule has 0 aromatic heterocycles. The molecule has 0 aromatic carbocycles. The van der Waals surface area contributed by atoms with E-state index in [2.05, 4.69) is 17.1 Å². The minimum Gasteiger partial charge on any atom is -0.339 e. The fourth-order valence-electron chi connectivity index (χ4n) is 3.50. The van der Waals surface area contributed by atoms with Gasteiger partial charge in [0, 0.05) is 24.7 Å². The fourth-order valence-corrected chi connectivity index (χ4v) is 3.50. The summed E-state index contributed by atoms with van der Waals surface area (Å²) in [4.78, 5) is 14.8. The Bertz CT molecular complexity index is 301. The van der Waals surface area contributed by atoms with E-state index in [1.165, 1.54) is 32.1 Å². The minimum absolute atomic E-state index is 0.297. The molecular formula is C14H24N2O. The second-order valence-electron chi connectivity index (χ2n) is 6.01. The van der Waals surface area contributed by atoms with Crippen LogP contribution in [0.15, 0.2) is 0 Å². The van der Waals surface area contributed by atoms with Gasteiger partial charge in [0.05, 0.1) is 5.92 Å². The summed E-state index contributed by atoms with van der Waals surface area (Å²) in [5.74, 6) is 0.756. The molecule has 3 aliphatic rings. The molecule has 1 N–H and O–H groups in total. The molecular weight excluding hydrogens is 212 g/mol. The maximum absolute atomic E-state index is 12.6. The molecule has 3 heteroatoms. The molecule has 0 spiro atoms. The zero-order valence-corrected chi connectivity index (χ0v) is 10.8. The summed E-state index contributed by atoms with van der Waals surface area (Å²) in [6.07, 6.45) is 8.42. The van der Waals surface area contributed by atoms with E-state index < -0.39 is 0 Å². The zero-order valence-electron chi connectivity index (χ0n) is 10.8. The average Bonchev–Trinajstić information content (AvgIpc) is 2.96. The highest BCUT2D eigenvalue weighted by Gasteiger charge is 2.46. The number of fused-ring (bicyclic) bond motifs is 2. The highest BCUT2D eigenvalue weighted by Crippen LogP contribution is 2.37. The first-order chi connectivity index (χ1) is 8.29. The van der Waals surface area contributed by atoms with E-state index in [9.17, 15) is 4.79 Å². The Morgan fingerprint density at radius 1 is 1.29 bits per heavy atom. The van der Waals surface area contributed by atoms with Crippen molar-refractivity contribution >= 4 is 5.91 Å². The smallest absolute Gasteiger partial charge is 0.227 e. The van der Waals surface area contributed by atoms with Crippen molar-refractivity contribution in [1.82, 2.24) is 10.2 Å². The first-order valence-electron chi connectivity index (χ1n) is 7.36. The number of hydrogen-bond donors (Lipinski definition) is 1. The van der Waals surface area contributed by atoms with Gasteiger partial charge in [-0.2, -0.15) is 0 Å². The molecule has 3 unspecified atom stereocenters. The van der Waals surface area contributed by atoms with E-state index in [4.69, 9.17) is 0 Å². The third kappa shape index (κ3) is 2.22. The van der Waals surface area contributed by atoms with E-state index in [0.29, 0.717) is 30.0 Å². The summed E-state index contributed by atoms with van der Waals surface area (Å²) < 4.78 is 0. The van der Waals surface area contributed by atoms with E-state index in [1.54, 1.807) is 0 Å². The van der Waals surface area contributed by atoms with Gasteiger partial charge in [0.15, 0.2) is 0 Å². The SMILES string of the molecule is CCCCN(C(=O)C1CC2CCC1N2)C1CC1. The largest absolute Gasteiger partial charge is 0.339 e. The average molecular weight is 236 g/mol. The van der Waals surface area contributed by atoms with Gasteiger partial charge in [0.25, 0.3) is 0 Å². The molecule has 0 radical (unpaired) electrons. The molecule has 96 valence electrons. The summed E-state index contributed by atoms with van der Waals surface area (Å²) in [7, 11) is 0. The van der Waals surface area contributed by atoms with E-state index >= 15 is 0 Å². The van der Waals surface area contributed by atoms with Gasteiger partial charge in [-0.15, -0.1) is 0 Å². The van der Waals surface area contributed by atoms with Crippen molar-refractivity contribution in [1.29, 1.82) is 0 Å². The molecule has 2 bridgehead atoms. The molecule has 1 saturated carbocycles. The molecule has 1 amide bonds. The quantitative estimate of drug-likeness (QED) is 0.791. The molecule has 1 aliphatic carbocycles. The van der Waals surface area contributed by atoms with E-state index in [0.717, 1.165) is 19.4 Å². The molecule has 3 nitrogen and oxygen atoms in total. The number of hydrogen-bond acceptors (Lipinski definition) is 2. The van der Waals surface area contributed by atoms with Crippen LogP contribution in [-0.4, -0.2) is 35.5 Å². The molecule has 2 saturated heterocycles. The highest BCUT2D eigenvalue weighted by molar-refractivity contribution is 5.81. The topological polar surface area (TPSA) is 32.3 Å². The van der Waals surface area contributed by atoms with Crippen LogP contribution in [0.25, 0.3) is 0 Å². The van der Waals surface area contributed by atoms with Crippen molar-refractivity contribution in [3.05, 3.63) is 0 Å². The van der Waals surface area contributed by atoms with Crippen molar-refractivity contribution in [3.8, 4) is 0 Å². The van der Waals surface area contributed by atoms with Crippen LogP contribution in [0.1, 0.15) is 51.9 Å². The molecule has 2 aliphatic heterocycles. The second kappa shape index (κ2) is 4.60. The third-order valence-electron chi connectivity index (χ3n) is 4.64. The molecule has 3 fully saturated rings. The van der Waals surface area contributed by atoms with Crippen LogP contribution in [0, 0.1) is 5.92 Å². The second-order valence-corrected chi connectivity index (χ2v) is 6.01. The van der Waals surface area contributed by atoms with E-state index in [1.807, 2.05) is 0 Å². The zero-order chi connectivity index (χ0) is 11.8. The number of nitrogens with one attached hydrogen (secondary N) is 1. The third-order valence-corrected chi connectivity index (χ3v) is 4.64. The van der Waals surface area contributed by atoms with Crippen LogP contribution >= 0.6 is 0 Å². The Balaban J connectivity index is 1.62. The Labute approximate surface area is 104 Å². The lowest BCUT2D eigenvalue weighted by molar-refractivity contribution is -0.136. The van der Waals surface area contributed by atoms with Gasteiger partial charge in [0.2, 0.25) is 5.91 Å². The van der Waals surface area contributed by atoms with E-state index in [-0.39, 0.29) is 0 Å². The van der Waals surface area contributed by atoms with Crippen molar-refractivity contribution in [3.63, 3.8) is 0 Å². The maximum atomic E-state index is 12.6. The van der Waals surface area contributed by atoms with Crippen LogP contribution in [0.3, 0.4) is 0 Å². The first kappa shape index (κ1) is 11.5. The lowest BCUT2D eigenvalue weighted by Gasteiger charge is -2.29.